The first-order valence-electron chi connectivity index (χ1n) is 11.2. The predicted molar refractivity (Wildman–Crippen MR) is 119 cm³/mol. The molecule has 9 nitrogen and oxygen atoms in total. The van der Waals surface area contributed by atoms with Crippen LogP contribution in [0.25, 0.3) is 0 Å². The molecule has 2 fully saturated rings. The Balaban J connectivity index is 1.64. The molecular formula is C23H34N4O5. The Kier molecular flexibility index (Phi) is 7.95. The van der Waals surface area contributed by atoms with Crippen LogP contribution in [-0.2, 0) is 20.9 Å². The minimum Gasteiger partial charge on any atom is -0.496 e. The number of carbonyl (C=O) groups excluding carboxylic acids is 3. The van der Waals surface area contributed by atoms with Crippen molar-refractivity contribution in [3.05, 3.63) is 28.8 Å². The highest BCUT2D eigenvalue weighted by Crippen LogP contribution is 2.26. The fourth-order valence-corrected chi connectivity index (χ4v) is 4.28. The van der Waals surface area contributed by atoms with E-state index in [-0.39, 0.29) is 24.3 Å². The zero-order valence-electron chi connectivity index (χ0n) is 19.5. The normalized spacial score (nSPS) is 19.5. The Morgan fingerprint density at radius 3 is 2.41 bits per heavy atom. The fraction of sp³-hybridized carbons (Fsp3) is 0.609. The molecule has 176 valence electrons. The van der Waals surface area contributed by atoms with E-state index in [0.717, 1.165) is 22.4 Å². The molecule has 2 saturated heterocycles. The summed E-state index contributed by atoms with van der Waals surface area (Å²) in [4.78, 5) is 43.0. The van der Waals surface area contributed by atoms with Crippen molar-refractivity contribution >= 4 is 17.9 Å². The number of piperazine rings is 2. The summed E-state index contributed by atoms with van der Waals surface area (Å²) in [6, 6.07) is 3.47. The number of methoxy groups -OCH3 is 1. The molecule has 2 aliphatic heterocycles. The van der Waals surface area contributed by atoms with Gasteiger partial charge in [-0.2, -0.15) is 0 Å². The molecule has 1 aromatic rings. The first-order valence-corrected chi connectivity index (χ1v) is 11.2. The Morgan fingerprint density at radius 1 is 1.06 bits per heavy atom. The van der Waals surface area contributed by atoms with Gasteiger partial charge >= 0.3 is 6.09 Å². The number of benzene rings is 1. The van der Waals surface area contributed by atoms with Gasteiger partial charge in [-0.15, -0.1) is 0 Å². The van der Waals surface area contributed by atoms with Crippen molar-refractivity contribution in [1.29, 1.82) is 0 Å². The third-order valence-electron chi connectivity index (χ3n) is 6.41. The van der Waals surface area contributed by atoms with Crippen molar-refractivity contribution in [3.63, 3.8) is 0 Å². The molecule has 0 radical (unpaired) electrons. The SMILES string of the molecule is CCOC(=O)N1CCN(C(=O)C[C@H]2C(=O)NCCN2Cc2ccc(OC)c(C)c2C)CC1. The quantitative estimate of drug-likeness (QED) is 0.708. The molecule has 1 atom stereocenters. The van der Waals surface area contributed by atoms with Gasteiger partial charge in [0.15, 0.2) is 0 Å². The van der Waals surface area contributed by atoms with Crippen LogP contribution >= 0.6 is 0 Å². The largest absolute Gasteiger partial charge is 0.496 e. The lowest BCUT2D eigenvalue weighted by Gasteiger charge is -2.38. The molecule has 3 amide bonds. The Labute approximate surface area is 189 Å². The monoisotopic (exact) mass is 446 g/mol. The van der Waals surface area contributed by atoms with Crippen molar-refractivity contribution in [3.8, 4) is 5.75 Å². The molecule has 9 heteroatoms. The highest BCUT2D eigenvalue weighted by molar-refractivity contribution is 5.89. The van der Waals surface area contributed by atoms with Gasteiger partial charge in [0.25, 0.3) is 0 Å². The second-order valence-corrected chi connectivity index (χ2v) is 8.23. The van der Waals surface area contributed by atoms with Gasteiger partial charge in [-0.3, -0.25) is 14.5 Å². The Morgan fingerprint density at radius 2 is 1.75 bits per heavy atom. The van der Waals surface area contributed by atoms with Crippen molar-refractivity contribution in [2.24, 2.45) is 0 Å². The van der Waals surface area contributed by atoms with Gasteiger partial charge in [-0.1, -0.05) is 6.07 Å². The van der Waals surface area contributed by atoms with E-state index in [0.29, 0.717) is 52.4 Å². The lowest BCUT2D eigenvalue weighted by atomic mass is 10.00. The summed E-state index contributed by atoms with van der Waals surface area (Å²) in [6.07, 6.45) is -0.220. The molecule has 0 spiro atoms. The van der Waals surface area contributed by atoms with E-state index in [2.05, 4.69) is 17.1 Å². The smallest absolute Gasteiger partial charge is 0.409 e. The summed E-state index contributed by atoms with van der Waals surface area (Å²) in [5.74, 6) is 0.664. The van der Waals surface area contributed by atoms with E-state index < -0.39 is 6.04 Å². The van der Waals surface area contributed by atoms with Crippen LogP contribution in [0.2, 0.25) is 0 Å². The number of hydrogen-bond acceptors (Lipinski definition) is 6. The maximum atomic E-state index is 13.0. The molecule has 0 bridgehead atoms. The topological polar surface area (TPSA) is 91.4 Å². The van der Waals surface area contributed by atoms with Crippen molar-refractivity contribution < 1.29 is 23.9 Å². The minimum atomic E-state index is -0.513. The second-order valence-electron chi connectivity index (χ2n) is 8.23. The average molecular weight is 447 g/mol. The van der Waals surface area contributed by atoms with Gasteiger partial charge < -0.3 is 24.6 Å². The summed E-state index contributed by atoms with van der Waals surface area (Å²) < 4.78 is 10.4. The van der Waals surface area contributed by atoms with E-state index in [9.17, 15) is 14.4 Å². The third kappa shape index (κ3) is 5.32. The van der Waals surface area contributed by atoms with Gasteiger partial charge in [0.05, 0.1) is 26.2 Å². The summed E-state index contributed by atoms with van der Waals surface area (Å²) in [7, 11) is 1.66. The van der Waals surface area contributed by atoms with Crippen LogP contribution in [0.3, 0.4) is 0 Å². The van der Waals surface area contributed by atoms with Gasteiger partial charge in [0.1, 0.15) is 5.75 Å². The molecule has 2 aliphatic rings. The van der Waals surface area contributed by atoms with Crippen LogP contribution in [0.4, 0.5) is 4.79 Å². The van der Waals surface area contributed by atoms with E-state index in [1.807, 2.05) is 19.1 Å². The summed E-state index contributed by atoms with van der Waals surface area (Å²) in [6.45, 7) is 9.80. The van der Waals surface area contributed by atoms with Crippen LogP contribution < -0.4 is 10.1 Å². The Bertz CT molecular complexity index is 851. The van der Waals surface area contributed by atoms with E-state index in [4.69, 9.17) is 9.47 Å². The van der Waals surface area contributed by atoms with E-state index >= 15 is 0 Å². The standard InChI is InChI=1S/C23H34N4O5/c1-5-32-23(30)26-12-10-25(11-13-26)21(28)14-19-22(29)24-8-9-27(19)15-18-6-7-20(31-4)17(3)16(18)2/h6-7,19H,5,8-15H2,1-4H3,(H,24,29)/t19-/m0/s1. The zero-order chi connectivity index (χ0) is 23.3. The van der Waals surface area contributed by atoms with Crippen molar-refractivity contribution in [2.45, 2.75) is 39.8 Å². The summed E-state index contributed by atoms with van der Waals surface area (Å²) in [5.41, 5.74) is 3.34. The number of ether oxygens (including phenoxy) is 2. The van der Waals surface area contributed by atoms with Crippen LogP contribution in [0.1, 0.15) is 30.0 Å². The molecule has 0 aromatic heterocycles. The van der Waals surface area contributed by atoms with Gasteiger partial charge in [-0.05, 0) is 43.5 Å². The summed E-state index contributed by atoms with van der Waals surface area (Å²) in [5, 5.41) is 2.90. The van der Waals surface area contributed by atoms with E-state index in [1.165, 1.54) is 0 Å². The maximum absolute atomic E-state index is 13.0. The number of nitrogens with zero attached hydrogens (tertiary/aromatic N) is 3. The van der Waals surface area contributed by atoms with Gasteiger partial charge in [-0.25, -0.2) is 4.79 Å². The molecule has 0 saturated carbocycles. The van der Waals surface area contributed by atoms with Gasteiger partial charge in [0.2, 0.25) is 11.8 Å². The van der Waals surface area contributed by atoms with Crippen LogP contribution in [-0.4, -0.2) is 91.6 Å². The highest BCUT2D eigenvalue weighted by Gasteiger charge is 2.34. The number of amides is 3. The van der Waals surface area contributed by atoms with Crippen molar-refractivity contribution in [2.75, 3.05) is 53.0 Å². The van der Waals surface area contributed by atoms with E-state index in [1.54, 1.807) is 23.8 Å². The van der Waals surface area contributed by atoms with Crippen LogP contribution in [0.5, 0.6) is 5.75 Å². The highest BCUT2D eigenvalue weighted by atomic mass is 16.6. The first kappa shape index (κ1) is 23.8. The molecule has 0 unspecified atom stereocenters. The molecule has 3 rings (SSSR count). The number of nitrogens with one attached hydrogen (secondary N) is 1. The zero-order valence-corrected chi connectivity index (χ0v) is 19.5. The van der Waals surface area contributed by atoms with Crippen molar-refractivity contribution in [1.82, 2.24) is 20.0 Å². The fourth-order valence-electron chi connectivity index (χ4n) is 4.28. The Hall–Kier alpha value is -2.81. The molecule has 1 N–H and O–H groups in total. The molecule has 0 aliphatic carbocycles. The average Bonchev–Trinajstić information content (AvgIpc) is 2.79. The van der Waals surface area contributed by atoms with Gasteiger partial charge in [0, 0.05) is 45.8 Å². The molecule has 32 heavy (non-hydrogen) atoms. The van der Waals surface area contributed by atoms with Crippen LogP contribution in [0.15, 0.2) is 12.1 Å². The third-order valence-corrected chi connectivity index (χ3v) is 6.41. The first-order chi connectivity index (χ1) is 15.3. The molecule has 2 heterocycles. The number of carbonyl (C=O) groups is 3. The summed E-state index contributed by atoms with van der Waals surface area (Å²) >= 11 is 0. The lowest BCUT2D eigenvalue weighted by molar-refractivity contribution is -0.140. The maximum Gasteiger partial charge on any atom is 0.409 e. The predicted octanol–water partition coefficient (Wildman–Crippen LogP) is 1.30. The second kappa shape index (κ2) is 10.7. The number of hydrogen-bond donors (Lipinski definition) is 1. The lowest BCUT2D eigenvalue weighted by Crippen LogP contribution is -2.57. The molecular weight excluding hydrogens is 412 g/mol. The molecule has 1 aromatic carbocycles. The number of rotatable bonds is 6. The minimum absolute atomic E-state index is 0.0665. The van der Waals surface area contributed by atoms with Crippen LogP contribution in [0, 0.1) is 13.8 Å².